The molecule has 0 radical (unpaired) electrons. The van der Waals surface area contributed by atoms with Gasteiger partial charge in [0.15, 0.2) is 16.7 Å². The molecule has 4 aromatic rings. The number of hydrogen-bond acceptors (Lipinski definition) is 7. The van der Waals surface area contributed by atoms with Gasteiger partial charge in [0.05, 0.1) is 7.11 Å². The number of aryl methyl sites for hydroxylation is 3. The fourth-order valence-corrected chi connectivity index (χ4v) is 4.97. The van der Waals surface area contributed by atoms with Gasteiger partial charge < -0.3 is 9.47 Å². The molecule has 0 saturated heterocycles. The maximum atomic E-state index is 11.6. The van der Waals surface area contributed by atoms with Gasteiger partial charge in [-0.25, -0.2) is 0 Å². The minimum atomic E-state index is -0.507. The second kappa shape index (κ2) is 11.3. The van der Waals surface area contributed by atoms with Crippen molar-refractivity contribution < 1.29 is 14.4 Å². The smallest absolute Gasteiger partial charge is 0.220 e. The lowest BCUT2D eigenvalue weighted by Crippen LogP contribution is -2.11. The molecule has 0 aliphatic carbocycles. The molecule has 0 N–H and O–H groups in total. The summed E-state index contributed by atoms with van der Waals surface area (Å²) in [6.07, 6.45) is 0. The summed E-state index contributed by atoms with van der Waals surface area (Å²) in [7, 11) is 1.56. The molecule has 0 amide bonds. The lowest BCUT2D eigenvalue weighted by molar-refractivity contribution is -0.479. The topological polar surface area (TPSA) is 92.3 Å². The number of nitro groups is 1. The van der Waals surface area contributed by atoms with Crippen LogP contribution in [0.25, 0.3) is 5.69 Å². The Hall–Kier alpha value is -3.85. The highest BCUT2D eigenvalue weighted by molar-refractivity contribution is 7.99. The minimum absolute atomic E-state index is 0.281. The predicted molar refractivity (Wildman–Crippen MR) is 140 cm³/mol. The number of benzene rings is 3. The van der Waals surface area contributed by atoms with Crippen molar-refractivity contribution in [3.8, 4) is 17.2 Å². The Morgan fingerprint density at radius 1 is 0.972 bits per heavy atom. The van der Waals surface area contributed by atoms with Gasteiger partial charge in [-0.15, -0.1) is 10.2 Å². The van der Waals surface area contributed by atoms with Gasteiger partial charge >= 0.3 is 0 Å². The second-order valence-electron chi connectivity index (χ2n) is 8.51. The SMILES string of the molecule is COc1cc([C@H](C[N+](=O)[O-])Sc2nnc(C)n2-c2cccc(C)c2)ccc1OCc1ccc(C)cc1. The summed E-state index contributed by atoms with van der Waals surface area (Å²) in [4.78, 5) is 11.3. The third-order valence-corrected chi connectivity index (χ3v) is 6.87. The van der Waals surface area contributed by atoms with Crippen LogP contribution in [0.2, 0.25) is 0 Å². The van der Waals surface area contributed by atoms with E-state index < -0.39 is 5.25 Å². The first-order chi connectivity index (χ1) is 17.3. The third-order valence-electron chi connectivity index (χ3n) is 5.69. The molecular formula is C27H28N4O4S. The van der Waals surface area contributed by atoms with Crippen LogP contribution in [0.3, 0.4) is 0 Å². The molecule has 1 heterocycles. The van der Waals surface area contributed by atoms with E-state index in [4.69, 9.17) is 9.47 Å². The van der Waals surface area contributed by atoms with Crippen molar-refractivity contribution in [2.45, 2.75) is 37.8 Å². The molecule has 36 heavy (non-hydrogen) atoms. The third kappa shape index (κ3) is 6.04. The monoisotopic (exact) mass is 504 g/mol. The fraction of sp³-hybridized carbons (Fsp3) is 0.259. The molecule has 9 heteroatoms. The van der Waals surface area contributed by atoms with E-state index >= 15 is 0 Å². The summed E-state index contributed by atoms with van der Waals surface area (Å²) in [5, 5.41) is 20.2. The van der Waals surface area contributed by atoms with Crippen LogP contribution < -0.4 is 9.47 Å². The van der Waals surface area contributed by atoms with Crippen molar-refractivity contribution >= 4 is 11.8 Å². The summed E-state index contributed by atoms with van der Waals surface area (Å²) in [6.45, 7) is 6.03. The molecule has 0 fully saturated rings. The van der Waals surface area contributed by atoms with Crippen molar-refractivity contribution in [1.82, 2.24) is 14.8 Å². The summed E-state index contributed by atoms with van der Waals surface area (Å²) in [5.74, 6) is 1.80. The first-order valence-corrected chi connectivity index (χ1v) is 12.4. The molecule has 4 rings (SSSR count). The normalized spacial score (nSPS) is 11.8. The van der Waals surface area contributed by atoms with Crippen LogP contribution in [0.15, 0.2) is 71.9 Å². The van der Waals surface area contributed by atoms with Crippen LogP contribution >= 0.6 is 11.8 Å². The highest BCUT2D eigenvalue weighted by Gasteiger charge is 2.25. The minimum Gasteiger partial charge on any atom is -0.493 e. The molecule has 1 aromatic heterocycles. The van der Waals surface area contributed by atoms with Gasteiger partial charge in [0.1, 0.15) is 17.7 Å². The molecule has 0 saturated carbocycles. The average molecular weight is 505 g/mol. The van der Waals surface area contributed by atoms with Crippen LogP contribution in [0, 0.1) is 30.9 Å². The average Bonchev–Trinajstić information content (AvgIpc) is 3.22. The zero-order valence-corrected chi connectivity index (χ0v) is 21.5. The van der Waals surface area contributed by atoms with Gasteiger partial charge in [-0.05, 0) is 61.7 Å². The van der Waals surface area contributed by atoms with E-state index in [0.29, 0.717) is 29.1 Å². The molecule has 186 valence electrons. The first kappa shape index (κ1) is 25.2. The zero-order chi connectivity index (χ0) is 25.7. The lowest BCUT2D eigenvalue weighted by Gasteiger charge is -2.17. The van der Waals surface area contributed by atoms with Crippen LogP contribution in [0.1, 0.15) is 33.3 Å². The van der Waals surface area contributed by atoms with Crippen LogP contribution in [0.5, 0.6) is 11.5 Å². The van der Waals surface area contributed by atoms with Gasteiger partial charge in [0.2, 0.25) is 6.54 Å². The number of rotatable bonds is 10. The fourth-order valence-electron chi connectivity index (χ4n) is 3.81. The van der Waals surface area contributed by atoms with Crippen molar-refractivity contribution in [3.05, 3.63) is 105 Å². The molecule has 8 nitrogen and oxygen atoms in total. The van der Waals surface area contributed by atoms with Crippen molar-refractivity contribution in [3.63, 3.8) is 0 Å². The molecule has 0 unspecified atom stereocenters. The molecule has 0 bridgehead atoms. The Balaban J connectivity index is 1.60. The van der Waals surface area contributed by atoms with E-state index in [1.165, 1.54) is 17.3 Å². The zero-order valence-electron chi connectivity index (χ0n) is 20.7. The van der Waals surface area contributed by atoms with Crippen LogP contribution in [-0.2, 0) is 6.61 Å². The molecule has 0 aliphatic rings. The van der Waals surface area contributed by atoms with Crippen LogP contribution in [0.4, 0.5) is 0 Å². The van der Waals surface area contributed by atoms with Gasteiger partial charge in [-0.3, -0.25) is 14.7 Å². The quantitative estimate of drug-likeness (QED) is 0.151. The van der Waals surface area contributed by atoms with Gasteiger partial charge in [0.25, 0.3) is 0 Å². The number of ether oxygens (including phenoxy) is 2. The number of aromatic nitrogens is 3. The molecular weight excluding hydrogens is 476 g/mol. The van der Waals surface area contributed by atoms with E-state index in [1.54, 1.807) is 19.2 Å². The summed E-state index contributed by atoms with van der Waals surface area (Å²) in [5.41, 5.74) is 4.98. The van der Waals surface area contributed by atoms with E-state index in [1.807, 2.05) is 79.9 Å². The summed E-state index contributed by atoms with van der Waals surface area (Å²) >= 11 is 1.31. The number of thioether (sulfide) groups is 1. The molecule has 1 atom stereocenters. The van der Waals surface area contributed by atoms with E-state index in [9.17, 15) is 10.1 Å². The first-order valence-electron chi connectivity index (χ1n) is 11.5. The lowest BCUT2D eigenvalue weighted by atomic mass is 10.1. The standard InChI is InChI=1S/C27H28N4O4S/c1-18-8-10-21(11-9-18)17-35-24-13-12-22(15-25(24)34-4)26(16-30(32)33)36-27-29-28-20(3)31(27)23-7-5-6-19(2)14-23/h5-15,26H,16-17H2,1-4H3/t26-/m0/s1. The Morgan fingerprint density at radius 2 is 1.75 bits per heavy atom. The van der Waals surface area contributed by atoms with Crippen molar-refractivity contribution in [2.24, 2.45) is 0 Å². The van der Waals surface area contributed by atoms with Crippen LogP contribution in [-0.4, -0.2) is 33.3 Å². The number of hydrogen-bond donors (Lipinski definition) is 0. The molecule has 0 spiro atoms. The van der Waals surface area contributed by atoms with E-state index in [2.05, 4.69) is 10.2 Å². The molecule has 0 aliphatic heterocycles. The second-order valence-corrected chi connectivity index (χ2v) is 9.68. The predicted octanol–water partition coefficient (Wildman–Crippen LogP) is 5.89. The van der Waals surface area contributed by atoms with Gasteiger partial charge in [-0.1, -0.05) is 59.8 Å². The summed E-state index contributed by atoms with van der Waals surface area (Å²) in [6, 6.07) is 21.5. The van der Waals surface area contributed by atoms with Gasteiger partial charge in [-0.2, -0.15) is 0 Å². The number of nitrogens with zero attached hydrogens (tertiary/aromatic N) is 4. The van der Waals surface area contributed by atoms with Crippen molar-refractivity contribution in [1.29, 1.82) is 0 Å². The Kier molecular flexibility index (Phi) is 7.90. The largest absolute Gasteiger partial charge is 0.493 e. The number of methoxy groups -OCH3 is 1. The Labute approximate surface area is 214 Å². The Bertz CT molecular complexity index is 1350. The Morgan fingerprint density at radius 3 is 2.44 bits per heavy atom. The highest BCUT2D eigenvalue weighted by atomic mass is 32.2. The summed E-state index contributed by atoms with van der Waals surface area (Å²) < 4.78 is 13.5. The molecule has 3 aromatic carbocycles. The van der Waals surface area contributed by atoms with E-state index in [0.717, 1.165) is 22.4 Å². The maximum absolute atomic E-state index is 11.6. The van der Waals surface area contributed by atoms with E-state index in [-0.39, 0.29) is 11.5 Å². The highest BCUT2D eigenvalue weighted by Crippen LogP contribution is 2.39. The van der Waals surface area contributed by atoms with Gasteiger partial charge in [0, 0.05) is 10.6 Å². The maximum Gasteiger partial charge on any atom is 0.220 e. The van der Waals surface area contributed by atoms with Crippen molar-refractivity contribution in [2.75, 3.05) is 13.7 Å².